The van der Waals surface area contributed by atoms with Crippen molar-refractivity contribution in [1.82, 2.24) is 24.1 Å². The third-order valence-electron chi connectivity index (χ3n) is 5.56. The van der Waals surface area contributed by atoms with Gasteiger partial charge >= 0.3 is 5.69 Å². The first-order chi connectivity index (χ1) is 14.7. The van der Waals surface area contributed by atoms with E-state index in [2.05, 4.69) is 9.97 Å². The van der Waals surface area contributed by atoms with Crippen LogP contribution in [0, 0.1) is 5.82 Å². The van der Waals surface area contributed by atoms with Gasteiger partial charge in [0.1, 0.15) is 23.7 Å². The number of imidazole rings is 2. The van der Waals surface area contributed by atoms with Gasteiger partial charge in [0.2, 0.25) is 0 Å². The van der Waals surface area contributed by atoms with E-state index in [1.54, 1.807) is 18.5 Å². The molecule has 0 amide bonds. The van der Waals surface area contributed by atoms with E-state index < -0.39 is 11.9 Å². The molecule has 0 bridgehead atoms. The van der Waals surface area contributed by atoms with Gasteiger partial charge in [0, 0.05) is 6.42 Å². The van der Waals surface area contributed by atoms with E-state index in [1.165, 1.54) is 10.6 Å². The molecule has 1 unspecified atom stereocenters. The molecule has 4 heterocycles. The van der Waals surface area contributed by atoms with E-state index in [-0.39, 0.29) is 5.69 Å². The van der Waals surface area contributed by atoms with Crippen LogP contribution < -0.4 is 10.4 Å². The van der Waals surface area contributed by atoms with E-state index in [4.69, 9.17) is 9.72 Å². The maximum absolute atomic E-state index is 14.7. The molecule has 8 heteroatoms. The molecule has 7 nitrogen and oxygen atoms in total. The van der Waals surface area contributed by atoms with Crippen molar-refractivity contribution in [2.24, 2.45) is 0 Å². The molecule has 6 rings (SSSR count). The minimum Gasteiger partial charge on any atom is -0.493 e. The fourth-order valence-electron chi connectivity index (χ4n) is 4.21. The van der Waals surface area contributed by atoms with Crippen LogP contribution in [0.1, 0.15) is 18.0 Å². The van der Waals surface area contributed by atoms with Crippen molar-refractivity contribution in [2.75, 3.05) is 6.61 Å². The smallest absolute Gasteiger partial charge is 0.328 e. The minimum absolute atomic E-state index is 0.328. The number of nitrogens with zero attached hydrogens (tertiary/aromatic N) is 4. The van der Waals surface area contributed by atoms with Crippen LogP contribution in [0.4, 0.5) is 4.39 Å². The Morgan fingerprint density at radius 1 is 1.10 bits per heavy atom. The first-order valence-electron chi connectivity index (χ1n) is 9.65. The Kier molecular flexibility index (Phi) is 3.55. The van der Waals surface area contributed by atoms with Gasteiger partial charge in [0.05, 0.1) is 34.8 Å². The number of hydrogen-bond acceptors (Lipinski definition) is 4. The van der Waals surface area contributed by atoms with Gasteiger partial charge < -0.3 is 9.72 Å². The Labute approximate surface area is 169 Å². The second kappa shape index (κ2) is 6.28. The molecule has 0 fully saturated rings. The molecular weight excluding hydrogens is 385 g/mol. The molecule has 1 aliphatic heterocycles. The van der Waals surface area contributed by atoms with E-state index in [0.717, 1.165) is 11.0 Å². The van der Waals surface area contributed by atoms with E-state index >= 15 is 0 Å². The minimum atomic E-state index is -0.501. The summed E-state index contributed by atoms with van der Waals surface area (Å²) in [5.74, 6) is 0.698. The van der Waals surface area contributed by atoms with Crippen LogP contribution in [0.3, 0.4) is 0 Å². The SMILES string of the molecule is O=c1[nH]c2ccc(-n3cnc4ccccc43)nc2n1C1CCOc2cccc(F)c21. The molecule has 5 aromatic rings. The Morgan fingerprint density at radius 2 is 2.00 bits per heavy atom. The number of fused-ring (bicyclic) bond motifs is 3. The summed E-state index contributed by atoms with van der Waals surface area (Å²) in [6, 6.07) is 15.6. The molecule has 0 saturated carbocycles. The normalized spacial score (nSPS) is 16.0. The zero-order valence-electron chi connectivity index (χ0n) is 15.7. The second-order valence-electron chi connectivity index (χ2n) is 7.25. The number of pyridine rings is 1. The summed E-state index contributed by atoms with van der Waals surface area (Å²) in [5.41, 5.74) is 2.88. The summed E-state index contributed by atoms with van der Waals surface area (Å²) in [5, 5.41) is 0. The lowest BCUT2D eigenvalue weighted by molar-refractivity contribution is 0.251. The van der Waals surface area contributed by atoms with Crippen molar-refractivity contribution in [1.29, 1.82) is 0 Å². The first kappa shape index (κ1) is 17.0. The largest absolute Gasteiger partial charge is 0.493 e. The average molecular weight is 401 g/mol. The standard InChI is InChI=1S/C22H16FN5O2/c23-13-4-3-7-18-20(13)17(10-11-30-18)28-21-15(25-22(28)29)8-9-19(26-21)27-12-24-14-5-1-2-6-16(14)27/h1-9,12,17H,10-11H2,(H,25,29). The summed E-state index contributed by atoms with van der Waals surface area (Å²) in [7, 11) is 0. The molecule has 2 aromatic carbocycles. The number of aromatic amines is 1. The highest BCUT2D eigenvalue weighted by Crippen LogP contribution is 2.37. The number of halogens is 1. The van der Waals surface area contributed by atoms with Gasteiger partial charge in [-0.3, -0.25) is 9.13 Å². The van der Waals surface area contributed by atoms with Crippen molar-refractivity contribution < 1.29 is 9.13 Å². The highest BCUT2D eigenvalue weighted by atomic mass is 19.1. The van der Waals surface area contributed by atoms with Crippen molar-refractivity contribution in [2.45, 2.75) is 12.5 Å². The molecule has 1 N–H and O–H groups in total. The van der Waals surface area contributed by atoms with Crippen molar-refractivity contribution in [3.05, 3.63) is 82.8 Å². The van der Waals surface area contributed by atoms with Gasteiger partial charge in [0.25, 0.3) is 0 Å². The predicted molar refractivity (Wildman–Crippen MR) is 110 cm³/mol. The Balaban J connectivity index is 1.58. The molecular formula is C22H16FN5O2. The summed E-state index contributed by atoms with van der Waals surface area (Å²) >= 11 is 0. The van der Waals surface area contributed by atoms with Gasteiger partial charge in [-0.25, -0.2) is 19.2 Å². The molecule has 1 atom stereocenters. The van der Waals surface area contributed by atoms with Crippen LogP contribution >= 0.6 is 0 Å². The summed E-state index contributed by atoms with van der Waals surface area (Å²) in [4.78, 5) is 24.9. The zero-order chi connectivity index (χ0) is 20.2. The van der Waals surface area contributed by atoms with Crippen molar-refractivity contribution in [3.8, 4) is 11.6 Å². The number of hydrogen-bond donors (Lipinski definition) is 1. The average Bonchev–Trinajstić information content (AvgIpc) is 3.33. The molecule has 148 valence electrons. The zero-order valence-corrected chi connectivity index (χ0v) is 15.7. The quantitative estimate of drug-likeness (QED) is 0.491. The second-order valence-corrected chi connectivity index (χ2v) is 7.25. The lowest BCUT2D eigenvalue weighted by Gasteiger charge is -2.27. The summed E-state index contributed by atoms with van der Waals surface area (Å²) in [6.45, 7) is 0.395. The van der Waals surface area contributed by atoms with E-state index in [0.29, 0.717) is 41.3 Å². The van der Waals surface area contributed by atoms with Gasteiger partial charge in [-0.05, 0) is 36.4 Å². The fourth-order valence-corrected chi connectivity index (χ4v) is 4.21. The molecule has 0 saturated heterocycles. The van der Waals surface area contributed by atoms with Gasteiger partial charge in [0.15, 0.2) is 5.65 Å². The summed E-state index contributed by atoms with van der Waals surface area (Å²) < 4.78 is 23.7. The number of H-pyrrole nitrogens is 1. The highest BCUT2D eigenvalue weighted by molar-refractivity contribution is 5.78. The number of rotatable bonds is 2. The number of para-hydroxylation sites is 2. The van der Waals surface area contributed by atoms with Crippen LogP contribution in [0.25, 0.3) is 28.0 Å². The lowest BCUT2D eigenvalue weighted by Crippen LogP contribution is -2.28. The fraction of sp³-hybridized carbons (Fsp3) is 0.136. The summed E-state index contributed by atoms with van der Waals surface area (Å²) in [6.07, 6.45) is 2.18. The number of ether oxygens (including phenoxy) is 1. The molecule has 30 heavy (non-hydrogen) atoms. The lowest BCUT2D eigenvalue weighted by atomic mass is 9.99. The van der Waals surface area contributed by atoms with Gasteiger partial charge in [-0.1, -0.05) is 18.2 Å². The van der Waals surface area contributed by atoms with Crippen molar-refractivity contribution >= 4 is 22.2 Å². The molecule has 3 aromatic heterocycles. The Hall–Kier alpha value is -3.94. The molecule has 0 aliphatic carbocycles. The van der Waals surface area contributed by atoms with Crippen molar-refractivity contribution in [3.63, 3.8) is 0 Å². The molecule has 0 spiro atoms. The number of benzene rings is 2. The highest BCUT2D eigenvalue weighted by Gasteiger charge is 2.29. The Bertz CT molecular complexity index is 1480. The van der Waals surface area contributed by atoms with E-state index in [1.807, 2.05) is 41.0 Å². The van der Waals surface area contributed by atoms with Crippen LogP contribution in [0.15, 0.2) is 65.7 Å². The topological polar surface area (TPSA) is 77.7 Å². The van der Waals surface area contributed by atoms with Crippen LogP contribution in [0.2, 0.25) is 0 Å². The maximum atomic E-state index is 14.7. The van der Waals surface area contributed by atoms with Crippen LogP contribution in [-0.4, -0.2) is 30.7 Å². The van der Waals surface area contributed by atoms with Crippen LogP contribution in [-0.2, 0) is 0 Å². The van der Waals surface area contributed by atoms with Gasteiger partial charge in [-0.15, -0.1) is 0 Å². The molecule has 1 aliphatic rings. The first-order valence-corrected chi connectivity index (χ1v) is 9.65. The monoisotopic (exact) mass is 401 g/mol. The maximum Gasteiger partial charge on any atom is 0.328 e. The number of aromatic nitrogens is 5. The molecule has 0 radical (unpaired) electrons. The number of nitrogens with one attached hydrogen (secondary N) is 1. The van der Waals surface area contributed by atoms with Crippen LogP contribution in [0.5, 0.6) is 5.75 Å². The van der Waals surface area contributed by atoms with Gasteiger partial charge in [-0.2, -0.15) is 0 Å². The van der Waals surface area contributed by atoms with E-state index in [9.17, 15) is 9.18 Å². The third kappa shape index (κ3) is 2.40. The predicted octanol–water partition coefficient (Wildman–Crippen LogP) is 3.57. The third-order valence-corrected chi connectivity index (χ3v) is 5.56. The Morgan fingerprint density at radius 3 is 2.93 bits per heavy atom.